The molecule has 0 saturated heterocycles. The van der Waals surface area contributed by atoms with Crippen molar-refractivity contribution in [3.63, 3.8) is 0 Å². The molecule has 0 spiro atoms. The number of hydrogen-bond donors (Lipinski definition) is 1. The molecule has 0 saturated carbocycles. The third-order valence-electron chi connectivity index (χ3n) is 2.59. The summed E-state index contributed by atoms with van der Waals surface area (Å²) in [5.41, 5.74) is 9.38. The first-order valence-electron chi connectivity index (χ1n) is 5.21. The van der Waals surface area contributed by atoms with Gasteiger partial charge in [-0.25, -0.2) is 0 Å². The minimum atomic E-state index is -0.146. The standard InChI is InChI=1S/C13H12BrIN2/c1-8-2-3-9(7-17-8)13(16)11-6-10(15)4-5-12(11)14/h2-7,13H,16H2,1H3. The molecule has 2 nitrogen and oxygen atoms in total. The molecular formula is C13H12BrIN2. The van der Waals surface area contributed by atoms with Gasteiger partial charge in [0.2, 0.25) is 0 Å². The van der Waals surface area contributed by atoms with Gasteiger partial charge < -0.3 is 5.73 Å². The van der Waals surface area contributed by atoms with E-state index in [4.69, 9.17) is 5.73 Å². The summed E-state index contributed by atoms with van der Waals surface area (Å²) >= 11 is 5.83. The van der Waals surface area contributed by atoms with Gasteiger partial charge in [0, 0.05) is 19.9 Å². The molecule has 0 bridgehead atoms. The Morgan fingerprint density at radius 2 is 2.06 bits per heavy atom. The molecule has 1 aromatic heterocycles. The summed E-state index contributed by atoms with van der Waals surface area (Å²) in [5.74, 6) is 0. The second-order valence-electron chi connectivity index (χ2n) is 3.88. The fourth-order valence-electron chi connectivity index (χ4n) is 1.60. The zero-order valence-electron chi connectivity index (χ0n) is 9.32. The first-order chi connectivity index (χ1) is 8.08. The summed E-state index contributed by atoms with van der Waals surface area (Å²) in [5, 5.41) is 0. The Balaban J connectivity index is 2.39. The van der Waals surface area contributed by atoms with Crippen LogP contribution in [-0.4, -0.2) is 4.98 Å². The minimum Gasteiger partial charge on any atom is -0.320 e. The lowest BCUT2D eigenvalue weighted by atomic mass is 10.0. The molecule has 1 aromatic carbocycles. The van der Waals surface area contributed by atoms with Gasteiger partial charge >= 0.3 is 0 Å². The monoisotopic (exact) mass is 402 g/mol. The first-order valence-corrected chi connectivity index (χ1v) is 7.08. The maximum Gasteiger partial charge on any atom is 0.0578 e. The fraction of sp³-hybridized carbons (Fsp3) is 0.154. The Morgan fingerprint density at radius 3 is 2.71 bits per heavy atom. The highest BCUT2D eigenvalue weighted by Gasteiger charge is 2.12. The van der Waals surface area contributed by atoms with Crippen molar-refractivity contribution in [3.05, 3.63) is 61.4 Å². The van der Waals surface area contributed by atoms with E-state index in [1.54, 1.807) is 0 Å². The summed E-state index contributed by atoms with van der Waals surface area (Å²) < 4.78 is 2.21. The van der Waals surface area contributed by atoms with Gasteiger partial charge in [0.15, 0.2) is 0 Å². The summed E-state index contributed by atoms with van der Waals surface area (Å²) in [6.45, 7) is 1.97. The van der Waals surface area contributed by atoms with Gasteiger partial charge in [0.05, 0.1) is 6.04 Å². The quantitative estimate of drug-likeness (QED) is 0.776. The summed E-state index contributed by atoms with van der Waals surface area (Å²) in [6.07, 6.45) is 1.84. The largest absolute Gasteiger partial charge is 0.320 e. The molecule has 17 heavy (non-hydrogen) atoms. The lowest BCUT2D eigenvalue weighted by Crippen LogP contribution is -2.13. The van der Waals surface area contributed by atoms with Crippen LogP contribution in [0.1, 0.15) is 22.9 Å². The average Bonchev–Trinajstić information content (AvgIpc) is 2.32. The Morgan fingerprint density at radius 1 is 1.29 bits per heavy atom. The van der Waals surface area contributed by atoms with Gasteiger partial charge in [0.25, 0.3) is 0 Å². The second kappa shape index (κ2) is 5.46. The number of pyridine rings is 1. The van der Waals surface area contributed by atoms with Gasteiger partial charge in [-0.3, -0.25) is 4.98 Å². The topological polar surface area (TPSA) is 38.9 Å². The van der Waals surface area contributed by atoms with E-state index in [-0.39, 0.29) is 6.04 Å². The van der Waals surface area contributed by atoms with Crippen LogP contribution in [0.4, 0.5) is 0 Å². The number of aryl methyl sites for hydroxylation is 1. The lowest BCUT2D eigenvalue weighted by molar-refractivity contribution is 0.854. The summed E-state index contributed by atoms with van der Waals surface area (Å²) in [6, 6.07) is 10.0. The molecule has 4 heteroatoms. The highest BCUT2D eigenvalue weighted by Crippen LogP contribution is 2.28. The van der Waals surface area contributed by atoms with Crippen molar-refractivity contribution < 1.29 is 0 Å². The van der Waals surface area contributed by atoms with Crippen LogP contribution in [0.3, 0.4) is 0 Å². The van der Waals surface area contributed by atoms with Crippen molar-refractivity contribution >= 4 is 38.5 Å². The molecule has 2 aromatic rings. The Bertz CT molecular complexity index is 525. The van der Waals surface area contributed by atoms with E-state index in [2.05, 4.69) is 49.6 Å². The lowest BCUT2D eigenvalue weighted by Gasteiger charge is -2.14. The molecule has 1 unspecified atom stereocenters. The molecule has 0 amide bonds. The van der Waals surface area contributed by atoms with Crippen molar-refractivity contribution in [2.24, 2.45) is 5.73 Å². The number of aromatic nitrogens is 1. The van der Waals surface area contributed by atoms with Crippen molar-refractivity contribution in [3.8, 4) is 0 Å². The first kappa shape index (κ1) is 13.0. The minimum absolute atomic E-state index is 0.146. The van der Waals surface area contributed by atoms with Gasteiger partial charge in [0.1, 0.15) is 0 Å². The van der Waals surface area contributed by atoms with E-state index in [0.29, 0.717) is 0 Å². The van der Waals surface area contributed by atoms with Crippen LogP contribution in [0.15, 0.2) is 41.0 Å². The van der Waals surface area contributed by atoms with Gasteiger partial charge in [-0.2, -0.15) is 0 Å². The molecular weight excluding hydrogens is 391 g/mol. The van der Waals surface area contributed by atoms with Crippen LogP contribution >= 0.6 is 38.5 Å². The van der Waals surface area contributed by atoms with Crippen LogP contribution in [0.5, 0.6) is 0 Å². The van der Waals surface area contributed by atoms with Crippen molar-refractivity contribution in [2.45, 2.75) is 13.0 Å². The van der Waals surface area contributed by atoms with Crippen molar-refractivity contribution in [1.82, 2.24) is 4.98 Å². The normalized spacial score (nSPS) is 12.5. The fourth-order valence-corrected chi connectivity index (χ4v) is 2.60. The second-order valence-corrected chi connectivity index (χ2v) is 5.98. The van der Waals surface area contributed by atoms with E-state index >= 15 is 0 Å². The molecule has 1 atom stereocenters. The highest BCUT2D eigenvalue weighted by atomic mass is 127. The SMILES string of the molecule is Cc1ccc(C(N)c2cc(I)ccc2Br)cn1. The van der Waals surface area contributed by atoms with Gasteiger partial charge in [-0.1, -0.05) is 22.0 Å². The Labute approximate surface area is 123 Å². The maximum absolute atomic E-state index is 6.26. The smallest absolute Gasteiger partial charge is 0.0578 e. The highest BCUT2D eigenvalue weighted by molar-refractivity contribution is 14.1. The van der Waals surface area contributed by atoms with E-state index in [1.807, 2.05) is 37.4 Å². The van der Waals surface area contributed by atoms with Crippen LogP contribution in [-0.2, 0) is 0 Å². The average molecular weight is 403 g/mol. The van der Waals surface area contributed by atoms with E-state index in [0.717, 1.165) is 21.3 Å². The van der Waals surface area contributed by atoms with Gasteiger partial charge in [-0.15, -0.1) is 0 Å². The molecule has 2 N–H and O–H groups in total. The van der Waals surface area contributed by atoms with Crippen molar-refractivity contribution in [1.29, 1.82) is 0 Å². The number of hydrogen-bond acceptors (Lipinski definition) is 2. The van der Waals surface area contributed by atoms with E-state index in [9.17, 15) is 0 Å². The molecule has 88 valence electrons. The molecule has 1 heterocycles. The van der Waals surface area contributed by atoms with Crippen molar-refractivity contribution in [2.75, 3.05) is 0 Å². The predicted molar refractivity (Wildman–Crippen MR) is 81.9 cm³/mol. The summed E-state index contributed by atoms with van der Waals surface area (Å²) in [4.78, 5) is 4.28. The maximum atomic E-state index is 6.26. The zero-order chi connectivity index (χ0) is 12.4. The summed E-state index contributed by atoms with van der Waals surface area (Å²) in [7, 11) is 0. The molecule has 2 rings (SSSR count). The third-order valence-corrected chi connectivity index (χ3v) is 3.98. The Kier molecular flexibility index (Phi) is 4.17. The number of halogens is 2. The number of rotatable bonds is 2. The number of nitrogens with zero attached hydrogens (tertiary/aromatic N) is 1. The number of benzene rings is 1. The Hall–Kier alpha value is -0.460. The molecule has 0 aliphatic carbocycles. The molecule has 0 aliphatic rings. The molecule has 0 radical (unpaired) electrons. The number of nitrogens with two attached hydrogens (primary N) is 1. The third kappa shape index (κ3) is 3.05. The van der Waals surface area contributed by atoms with Crippen LogP contribution in [0, 0.1) is 10.5 Å². The van der Waals surface area contributed by atoms with E-state index in [1.165, 1.54) is 3.57 Å². The van der Waals surface area contributed by atoms with Gasteiger partial charge in [-0.05, 0) is 64.9 Å². The molecule has 0 aliphatic heterocycles. The van der Waals surface area contributed by atoms with Crippen LogP contribution in [0.2, 0.25) is 0 Å². The van der Waals surface area contributed by atoms with E-state index < -0.39 is 0 Å². The van der Waals surface area contributed by atoms with Crippen LogP contribution in [0.25, 0.3) is 0 Å². The molecule has 0 fully saturated rings. The zero-order valence-corrected chi connectivity index (χ0v) is 13.1. The van der Waals surface area contributed by atoms with Crippen LogP contribution < -0.4 is 5.73 Å². The predicted octanol–water partition coefficient (Wildman–Crippen LogP) is 3.81.